The second-order valence-corrected chi connectivity index (χ2v) is 3.89. The molecule has 1 amide bonds. The van der Waals surface area contributed by atoms with Gasteiger partial charge in [0.15, 0.2) is 0 Å². The third-order valence-electron chi connectivity index (χ3n) is 2.38. The molecule has 0 saturated heterocycles. The lowest BCUT2D eigenvalue weighted by molar-refractivity contribution is -0.116. The Morgan fingerprint density at radius 3 is 2.84 bits per heavy atom. The summed E-state index contributed by atoms with van der Waals surface area (Å²) in [7, 11) is 0. The van der Waals surface area contributed by atoms with Gasteiger partial charge in [0.25, 0.3) is 0 Å². The van der Waals surface area contributed by atoms with Crippen molar-refractivity contribution in [3.8, 4) is 5.75 Å². The maximum Gasteiger partial charge on any atom is 0.387 e. The molecule has 3 nitrogen and oxygen atoms in total. The summed E-state index contributed by atoms with van der Waals surface area (Å²) in [6.45, 7) is -0.248. The SMILES string of the molecule is CCCCNC(=O)/C=C/c1ccccc1OC(F)F. The fourth-order valence-corrected chi connectivity index (χ4v) is 1.43. The normalized spacial score (nSPS) is 10.9. The van der Waals surface area contributed by atoms with Crippen molar-refractivity contribution in [2.75, 3.05) is 6.54 Å². The topological polar surface area (TPSA) is 38.3 Å². The Morgan fingerprint density at radius 1 is 1.42 bits per heavy atom. The maximum absolute atomic E-state index is 12.2. The zero-order valence-corrected chi connectivity index (χ0v) is 10.7. The van der Waals surface area contributed by atoms with Crippen LogP contribution >= 0.6 is 0 Å². The molecule has 104 valence electrons. The van der Waals surface area contributed by atoms with Crippen molar-refractivity contribution in [2.24, 2.45) is 0 Å². The van der Waals surface area contributed by atoms with E-state index >= 15 is 0 Å². The predicted molar refractivity (Wildman–Crippen MR) is 70.0 cm³/mol. The Hall–Kier alpha value is -1.91. The molecule has 0 heterocycles. The summed E-state index contributed by atoms with van der Waals surface area (Å²) in [5.41, 5.74) is 0.438. The number of halogens is 2. The molecule has 1 aromatic carbocycles. The van der Waals surface area contributed by atoms with Crippen molar-refractivity contribution < 1.29 is 18.3 Å². The average molecular weight is 269 g/mol. The van der Waals surface area contributed by atoms with Crippen LogP contribution in [0.4, 0.5) is 8.78 Å². The van der Waals surface area contributed by atoms with Gasteiger partial charge in [0.1, 0.15) is 5.75 Å². The zero-order valence-electron chi connectivity index (χ0n) is 10.7. The van der Waals surface area contributed by atoms with Gasteiger partial charge in [-0.05, 0) is 18.6 Å². The highest BCUT2D eigenvalue weighted by atomic mass is 19.3. The Labute approximate surface area is 111 Å². The van der Waals surface area contributed by atoms with Crippen LogP contribution in [0.5, 0.6) is 5.75 Å². The van der Waals surface area contributed by atoms with Crippen molar-refractivity contribution in [2.45, 2.75) is 26.4 Å². The number of amides is 1. The number of hydrogen-bond donors (Lipinski definition) is 1. The van der Waals surface area contributed by atoms with Gasteiger partial charge in [-0.25, -0.2) is 0 Å². The van der Waals surface area contributed by atoms with Gasteiger partial charge in [-0.2, -0.15) is 8.78 Å². The second kappa shape index (κ2) is 8.24. The molecule has 5 heteroatoms. The van der Waals surface area contributed by atoms with Crippen molar-refractivity contribution >= 4 is 12.0 Å². The molecule has 0 aromatic heterocycles. The van der Waals surface area contributed by atoms with E-state index in [0.29, 0.717) is 12.1 Å². The standard InChI is InChI=1S/C14H17F2NO2/c1-2-3-10-17-13(18)9-8-11-6-4-5-7-12(11)19-14(15)16/h4-9,14H,2-3,10H2,1H3,(H,17,18)/b9-8+. The van der Waals surface area contributed by atoms with Crippen LogP contribution in [0.25, 0.3) is 6.08 Å². The number of carbonyl (C=O) groups is 1. The van der Waals surface area contributed by atoms with E-state index in [0.717, 1.165) is 12.8 Å². The molecular formula is C14H17F2NO2. The second-order valence-electron chi connectivity index (χ2n) is 3.89. The molecule has 1 N–H and O–H groups in total. The molecule has 0 bridgehead atoms. The van der Waals surface area contributed by atoms with Crippen molar-refractivity contribution in [1.82, 2.24) is 5.32 Å². The van der Waals surface area contributed by atoms with Crippen LogP contribution in [0.1, 0.15) is 25.3 Å². The minimum Gasteiger partial charge on any atom is -0.434 e. The molecule has 0 unspecified atom stereocenters. The number of ether oxygens (including phenoxy) is 1. The Kier molecular flexibility index (Phi) is 6.57. The Morgan fingerprint density at radius 2 is 2.16 bits per heavy atom. The zero-order chi connectivity index (χ0) is 14.1. The van der Waals surface area contributed by atoms with E-state index in [9.17, 15) is 13.6 Å². The lowest BCUT2D eigenvalue weighted by Gasteiger charge is -2.07. The van der Waals surface area contributed by atoms with Gasteiger partial charge in [-0.1, -0.05) is 31.5 Å². The fourth-order valence-electron chi connectivity index (χ4n) is 1.43. The van der Waals surface area contributed by atoms with Gasteiger partial charge in [0.05, 0.1) is 0 Å². The van der Waals surface area contributed by atoms with E-state index in [-0.39, 0.29) is 11.7 Å². The van der Waals surface area contributed by atoms with Crippen LogP contribution in [0, 0.1) is 0 Å². The van der Waals surface area contributed by atoms with Crippen molar-refractivity contribution in [1.29, 1.82) is 0 Å². The summed E-state index contributed by atoms with van der Waals surface area (Å²) >= 11 is 0. The molecule has 1 rings (SSSR count). The lowest BCUT2D eigenvalue weighted by atomic mass is 10.2. The molecular weight excluding hydrogens is 252 g/mol. The van der Waals surface area contributed by atoms with Crippen molar-refractivity contribution in [3.63, 3.8) is 0 Å². The quantitative estimate of drug-likeness (QED) is 0.609. The molecule has 1 aromatic rings. The molecule has 0 aliphatic heterocycles. The number of nitrogens with one attached hydrogen (secondary N) is 1. The van der Waals surface area contributed by atoms with Crippen LogP contribution in [-0.4, -0.2) is 19.1 Å². The third-order valence-corrected chi connectivity index (χ3v) is 2.38. The smallest absolute Gasteiger partial charge is 0.387 e. The minimum atomic E-state index is -2.88. The first-order chi connectivity index (χ1) is 9.13. The van der Waals surface area contributed by atoms with Gasteiger partial charge >= 0.3 is 6.61 Å². The van der Waals surface area contributed by atoms with Crippen LogP contribution in [0.2, 0.25) is 0 Å². The van der Waals surface area contributed by atoms with Gasteiger partial charge in [-0.3, -0.25) is 4.79 Å². The third kappa shape index (κ3) is 5.99. The summed E-state index contributed by atoms with van der Waals surface area (Å²) in [4.78, 5) is 11.4. The number of carbonyl (C=O) groups excluding carboxylic acids is 1. The lowest BCUT2D eigenvalue weighted by Crippen LogP contribution is -2.21. The van der Waals surface area contributed by atoms with Crippen molar-refractivity contribution in [3.05, 3.63) is 35.9 Å². The van der Waals surface area contributed by atoms with E-state index in [1.165, 1.54) is 18.2 Å². The Balaban J connectivity index is 2.62. The highest BCUT2D eigenvalue weighted by molar-refractivity contribution is 5.92. The number of rotatable bonds is 7. The summed E-state index contributed by atoms with van der Waals surface area (Å²) in [6.07, 6.45) is 4.67. The van der Waals surface area contributed by atoms with E-state index < -0.39 is 6.61 Å². The van der Waals surface area contributed by atoms with E-state index in [2.05, 4.69) is 10.1 Å². The van der Waals surface area contributed by atoms with Crippen LogP contribution in [0.15, 0.2) is 30.3 Å². The summed E-state index contributed by atoms with van der Waals surface area (Å²) in [6, 6.07) is 6.32. The highest BCUT2D eigenvalue weighted by Crippen LogP contribution is 2.21. The summed E-state index contributed by atoms with van der Waals surface area (Å²) in [5.74, 6) is -0.199. The number of benzene rings is 1. The fraction of sp³-hybridized carbons (Fsp3) is 0.357. The van der Waals surface area contributed by atoms with Crippen LogP contribution in [0.3, 0.4) is 0 Å². The van der Waals surface area contributed by atoms with Gasteiger partial charge < -0.3 is 10.1 Å². The van der Waals surface area contributed by atoms with E-state index in [1.54, 1.807) is 18.2 Å². The predicted octanol–water partition coefficient (Wildman–Crippen LogP) is 3.22. The molecule has 0 spiro atoms. The van der Waals surface area contributed by atoms with Crippen LogP contribution < -0.4 is 10.1 Å². The number of para-hydroxylation sites is 1. The van der Waals surface area contributed by atoms with E-state index in [1.807, 2.05) is 6.92 Å². The van der Waals surface area contributed by atoms with E-state index in [4.69, 9.17) is 0 Å². The minimum absolute atomic E-state index is 0.0510. The molecule has 0 saturated carbocycles. The van der Waals surface area contributed by atoms with Gasteiger partial charge in [-0.15, -0.1) is 0 Å². The first-order valence-corrected chi connectivity index (χ1v) is 6.13. The average Bonchev–Trinajstić information content (AvgIpc) is 2.37. The molecule has 0 fully saturated rings. The van der Waals surface area contributed by atoms with Gasteiger partial charge in [0.2, 0.25) is 5.91 Å². The maximum atomic E-state index is 12.2. The van der Waals surface area contributed by atoms with Crippen LogP contribution in [-0.2, 0) is 4.79 Å². The largest absolute Gasteiger partial charge is 0.434 e. The molecule has 0 radical (unpaired) electrons. The summed E-state index contributed by atoms with van der Waals surface area (Å²) in [5, 5.41) is 2.70. The molecule has 0 aliphatic rings. The molecule has 0 aliphatic carbocycles. The first kappa shape index (κ1) is 15.1. The monoisotopic (exact) mass is 269 g/mol. The molecule has 0 atom stereocenters. The highest BCUT2D eigenvalue weighted by Gasteiger charge is 2.07. The number of unbranched alkanes of at least 4 members (excludes halogenated alkanes) is 1. The summed E-state index contributed by atoms with van der Waals surface area (Å²) < 4.78 is 28.7. The Bertz CT molecular complexity index is 433. The first-order valence-electron chi connectivity index (χ1n) is 6.13. The van der Waals surface area contributed by atoms with Gasteiger partial charge in [0, 0.05) is 18.2 Å². The number of hydrogen-bond acceptors (Lipinski definition) is 2. The number of alkyl halides is 2. The molecule has 19 heavy (non-hydrogen) atoms.